The Bertz CT molecular complexity index is 433. The zero-order chi connectivity index (χ0) is 13.8. The maximum Gasteiger partial charge on any atom is 0.236 e. The van der Waals surface area contributed by atoms with Crippen LogP contribution in [0.1, 0.15) is 12.5 Å². The van der Waals surface area contributed by atoms with Crippen LogP contribution < -0.4 is 11.1 Å². The van der Waals surface area contributed by atoms with Crippen LogP contribution in [0.2, 0.25) is 0 Å². The number of carbonyl (C=O) groups excluding carboxylic acids is 1. The molecule has 1 saturated heterocycles. The summed E-state index contributed by atoms with van der Waals surface area (Å²) in [5.41, 5.74) is 6.60. The molecule has 4 N–H and O–H groups in total. The number of nitrogens with one attached hydrogen (secondary N) is 1. The van der Waals surface area contributed by atoms with Crippen molar-refractivity contribution < 1.29 is 9.90 Å². The van der Waals surface area contributed by atoms with Crippen LogP contribution in [0.4, 0.5) is 0 Å². The van der Waals surface area contributed by atoms with Crippen LogP contribution in [0.5, 0.6) is 5.75 Å². The second kappa shape index (κ2) is 6.04. The van der Waals surface area contributed by atoms with E-state index in [9.17, 15) is 9.90 Å². The number of hydrogen-bond donors (Lipinski definition) is 3. The van der Waals surface area contributed by atoms with E-state index in [0.717, 1.165) is 25.1 Å². The molecule has 2 atom stereocenters. The number of phenolic OH excluding ortho intramolecular Hbond substituents is 1. The van der Waals surface area contributed by atoms with Gasteiger partial charge in [-0.15, -0.1) is 0 Å². The number of benzene rings is 1. The third-order valence-corrected chi connectivity index (χ3v) is 3.65. The smallest absolute Gasteiger partial charge is 0.236 e. The zero-order valence-electron chi connectivity index (χ0n) is 11.2. The van der Waals surface area contributed by atoms with E-state index in [1.165, 1.54) is 0 Å². The lowest BCUT2D eigenvalue weighted by molar-refractivity contribution is -0.124. The molecule has 0 spiro atoms. The molecule has 1 aromatic carbocycles. The van der Waals surface area contributed by atoms with Crippen molar-refractivity contribution in [2.24, 2.45) is 5.73 Å². The van der Waals surface area contributed by atoms with E-state index < -0.39 is 0 Å². The van der Waals surface area contributed by atoms with Gasteiger partial charge in [-0.05, 0) is 31.0 Å². The van der Waals surface area contributed by atoms with Gasteiger partial charge < -0.3 is 16.2 Å². The van der Waals surface area contributed by atoms with Crippen LogP contribution in [0.25, 0.3) is 0 Å². The summed E-state index contributed by atoms with van der Waals surface area (Å²) in [6, 6.07) is 7.20. The molecule has 0 aromatic heterocycles. The van der Waals surface area contributed by atoms with Gasteiger partial charge in [-0.25, -0.2) is 0 Å². The predicted octanol–water partition coefficient (Wildman–Crippen LogP) is 0.0823. The number of piperazine rings is 1. The Balaban J connectivity index is 2.03. The highest BCUT2D eigenvalue weighted by atomic mass is 16.3. The van der Waals surface area contributed by atoms with E-state index in [2.05, 4.69) is 17.1 Å². The summed E-state index contributed by atoms with van der Waals surface area (Å²) in [5, 5.41) is 12.5. The van der Waals surface area contributed by atoms with Crippen molar-refractivity contribution in [1.82, 2.24) is 10.2 Å². The van der Waals surface area contributed by atoms with Gasteiger partial charge in [-0.2, -0.15) is 0 Å². The van der Waals surface area contributed by atoms with Crippen molar-refractivity contribution in [1.29, 1.82) is 0 Å². The van der Waals surface area contributed by atoms with Crippen molar-refractivity contribution >= 4 is 5.91 Å². The number of primary amides is 1. The van der Waals surface area contributed by atoms with Crippen LogP contribution in [0, 0.1) is 0 Å². The summed E-state index contributed by atoms with van der Waals surface area (Å²) in [6.45, 7) is 4.43. The molecule has 2 unspecified atom stereocenters. The van der Waals surface area contributed by atoms with Crippen molar-refractivity contribution in [3.8, 4) is 5.75 Å². The lowest BCUT2D eigenvalue weighted by Gasteiger charge is -2.38. The van der Waals surface area contributed by atoms with Crippen LogP contribution in [-0.4, -0.2) is 47.6 Å². The summed E-state index contributed by atoms with van der Waals surface area (Å²) in [7, 11) is 0. The standard InChI is InChI=1S/C14H21N3O2/c1-10(8-11-2-4-12(18)5-3-11)17-7-6-16-9-13(17)14(15)19/h2-5,10,13,16,18H,6-9H2,1H3,(H2,15,19). The zero-order valence-corrected chi connectivity index (χ0v) is 11.2. The molecule has 1 fully saturated rings. The highest BCUT2D eigenvalue weighted by Gasteiger charge is 2.30. The Morgan fingerprint density at radius 1 is 1.53 bits per heavy atom. The molecule has 5 heteroatoms. The van der Waals surface area contributed by atoms with Gasteiger partial charge in [-0.3, -0.25) is 9.69 Å². The third-order valence-electron chi connectivity index (χ3n) is 3.65. The summed E-state index contributed by atoms with van der Waals surface area (Å²) in [4.78, 5) is 13.6. The van der Waals surface area contributed by atoms with Gasteiger partial charge in [0.25, 0.3) is 0 Å². The van der Waals surface area contributed by atoms with E-state index in [1.54, 1.807) is 12.1 Å². The molecule has 0 bridgehead atoms. The van der Waals surface area contributed by atoms with Gasteiger partial charge in [-0.1, -0.05) is 12.1 Å². The van der Waals surface area contributed by atoms with Crippen molar-refractivity contribution in [2.75, 3.05) is 19.6 Å². The summed E-state index contributed by atoms with van der Waals surface area (Å²) in [6.07, 6.45) is 0.837. The monoisotopic (exact) mass is 263 g/mol. The first-order chi connectivity index (χ1) is 9.08. The number of phenols is 1. The number of aromatic hydroxyl groups is 1. The first-order valence-corrected chi connectivity index (χ1v) is 6.61. The Morgan fingerprint density at radius 3 is 2.84 bits per heavy atom. The molecule has 5 nitrogen and oxygen atoms in total. The van der Waals surface area contributed by atoms with Crippen molar-refractivity contribution in [2.45, 2.75) is 25.4 Å². The van der Waals surface area contributed by atoms with E-state index in [0.29, 0.717) is 6.54 Å². The fourth-order valence-electron chi connectivity index (χ4n) is 2.60. The molecule has 1 heterocycles. The molecule has 1 aliphatic rings. The van der Waals surface area contributed by atoms with Crippen LogP contribution in [-0.2, 0) is 11.2 Å². The van der Waals surface area contributed by atoms with E-state index in [4.69, 9.17) is 5.73 Å². The molecule has 19 heavy (non-hydrogen) atoms. The van der Waals surface area contributed by atoms with Gasteiger partial charge in [0, 0.05) is 25.7 Å². The quantitative estimate of drug-likeness (QED) is 0.719. The number of nitrogens with zero attached hydrogens (tertiary/aromatic N) is 1. The maximum absolute atomic E-state index is 11.5. The molecule has 1 amide bonds. The molecule has 1 aliphatic heterocycles. The highest BCUT2D eigenvalue weighted by molar-refractivity contribution is 5.80. The topological polar surface area (TPSA) is 78.6 Å². The minimum Gasteiger partial charge on any atom is -0.508 e. The normalized spacial score (nSPS) is 22.1. The lowest BCUT2D eigenvalue weighted by Crippen LogP contribution is -2.59. The van der Waals surface area contributed by atoms with Gasteiger partial charge in [0.2, 0.25) is 5.91 Å². The Hall–Kier alpha value is -1.59. The Morgan fingerprint density at radius 2 is 2.21 bits per heavy atom. The van der Waals surface area contributed by atoms with E-state index in [-0.39, 0.29) is 23.7 Å². The van der Waals surface area contributed by atoms with Crippen LogP contribution >= 0.6 is 0 Å². The Kier molecular flexibility index (Phi) is 4.39. The molecule has 0 saturated carbocycles. The molecule has 0 radical (unpaired) electrons. The fraction of sp³-hybridized carbons (Fsp3) is 0.500. The average molecular weight is 263 g/mol. The number of hydrogen-bond acceptors (Lipinski definition) is 4. The van der Waals surface area contributed by atoms with Gasteiger partial charge >= 0.3 is 0 Å². The maximum atomic E-state index is 11.5. The lowest BCUT2D eigenvalue weighted by atomic mass is 10.0. The highest BCUT2D eigenvalue weighted by Crippen LogP contribution is 2.16. The molecule has 2 rings (SSSR count). The van der Waals surface area contributed by atoms with E-state index >= 15 is 0 Å². The molecular weight excluding hydrogens is 242 g/mol. The number of amides is 1. The molecule has 1 aromatic rings. The first-order valence-electron chi connectivity index (χ1n) is 6.61. The predicted molar refractivity (Wildman–Crippen MR) is 73.8 cm³/mol. The average Bonchev–Trinajstić information content (AvgIpc) is 2.41. The van der Waals surface area contributed by atoms with Crippen molar-refractivity contribution in [3.05, 3.63) is 29.8 Å². The molecule has 0 aliphatic carbocycles. The number of carbonyl (C=O) groups is 1. The fourth-order valence-corrected chi connectivity index (χ4v) is 2.60. The minimum absolute atomic E-state index is 0.235. The SMILES string of the molecule is CC(Cc1ccc(O)cc1)N1CCNCC1C(N)=O. The van der Waals surface area contributed by atoms with E-state index in [1.807, 2.05) is 12.1 Å². The van der Waals surface area contributed by atoms with Gasteiger partial charge in [0.05, 0.1) is 0 Å². The summed E-state index contributed by atoms with van der Waals surface area (Å²) < 4.78 is 0. The van der Waals surface area contributed by atoms with Gasteiger partial charge in [0.15, 0.2) is 0 Å². The number of nitrogens with two attached hydrogens (primary N) is 1. The molecule has 104 valence electrons. The summed E-state index contributed by atoms with van der Waals surface area (Å²) in [5.74, 6) is -0.00153. The molecular formula is C14H21N3O2. The number of rotatable bonds is 4. The Labute approximate surface area is 113 Å². The second-order valence-electron chi connectivity index (χ2n) is 5.08. The largest absolute Gasteiger partial charge is 0.508 e. The first kappa shape index (κ1) is 13.8. The van der Waals surface area contributed by atoms with Gasteiger partial charge in [0.1, 0.15) is 11.8 Å². The third kappa shape index (κ3) is 3.45. The van der Waals surface area contributed by atoms with Crippen LogP contribution in [0.3, 0.4) is 0 Å². The summed E-state index contributed by atoms with van der Waals surface area (Å²) >= 11 is 0. The van der Waals surface area contributed by atoms with Crippen LogP contribution in [0.15, 0.2) is 24.3 Å². The van der Waals surface area contributed by atoms with Crippen molar-refractivity contribution in [3.63, 3.8) is 0 Å². The second-order valence-corrected chi connectivity index (χ2v) is 5.08. The minimum atomic E-state index is -0.273.